The van der Waals surface area contributed by atoms with Crippen LogP contribution in [0.2, 0.25) is 0 Å². The SMILES string of the molecule is CC(C)(C)[C@H]1CC[C@@H](NCc2cccc3c(Oc4ccc(N)cn4)cccc23)CC1. The molecule has 0 unspecified atom stereocenters. The van der Waals surface area contributed by atoms with Crippen LogP contribution in [-0.2, 0) is 6.54 Å². The number of rotatable bonds is 5. The maximum absolute atomic E-state index is 6.05. The third-order valence-electron chi connectivity index (χ3n) is 6.48. The number of aromatic nitrogens is 1. The zero-order valence-electron chi connectivity index (χ0n) is 18.3. The quantitative estimate of drug-likeness (QED) is 0.524. The third kappa shape index (κ3) is 4.76. The summed E-state index contributed by atoms with van der Waals surface area (Å²) in [6.45, 7) is 8.01. The average molecular weight is 404 g/mol. The summed E-state index contributed by atoms with van der Waals surface area (Å²) in [7, 11) is 0. The molecule has 2 aromatic carbocycles. The fourth-order valence-electron chi connectivity index (χ4n) is 4.57. The minimum absolute atomic E-state index is 0.427. The van der Waals surface area contributed by atoms with Crippen LogP contribution in [0.1, 0.15) is 52.0 Å². The lowest BCUT2D eigenvalue weighted by molar-refractivity contribution is 0.160. The molecule has 1 aliphatic rings. The predicted octanol–water partition coefficient (Wildman–Crippen LogP) is 6.30. The number of hydrogen-bond acceptors (Lipinski definition) is 4. The molecule has 0 aliphatic heterocycles. The van der Waals surface area contributed by atoms with Crippen LogP contribution in [0.4, 0.5) is 5.69 Å². The van der Waals surface area contributed by atoms with E-state index in [0.29, 0.717) is 23.0 Å². The van der Waals surface area contributed by atoms with Crippen molar-refractivity contribution in [2.75, 3.05) is 5.73 Å². The van der Waals surface area contributed by atoms with E-state index in [1.165, 1.54) is 36.6 Å². The molecule has 158 valence electrons. The first-order valence-electron chi connectivity index (χ1n) is 11.0. The van der Waals surface area contributed by atoms with E-state index < -0.39 is 0 Å². The Hall–Kier alpha value is -2.59. The summed E-state index contributed by atoms with van der Waals surface area (Å²) in [5.41, 5.74) is 8.09. The van der Waals surface area contributed by atoms with Gasteiger partial charge in [0.25, 0.3) is 0 Å². The fourth-order valence-corrected chi connectivity index (χ4v) is 4.57. The van der Waals surface area contributed by atoms with Crippen molar-refractivity contribution in [1.82, 2.24) is 10.3 Å². The van der Waals surface area contributed by atoms with Crippen LogP contribution in [0.25, 0.3) is 10.8 Å². The Morgan fingerprint density at radius 3 is 2.40 bits per heavy atom. The first-order valence-corrected chi connectivity index (χ1v) is 11.0. The van der Waals surface area contributed by atoms with Gasteiger partial charge in [-0.1, -0.05) is 51.1 Å². The Morgan fingerprint density at radius 1 is 0.967 bits per heavy atom. The number of nitrogens with one attached hydrogen (secondary N) is 1. The van der Waals surface area contributed by atoms with Crippen molar-refractivity contribution in [2.24, 2.45) is 11.3 Å². The summed E-state index contributed by atoms with van der Waals surface area (Å²) in [4.78, 5) is 4.26. The molecular weight excluding hydrogens is 370 g/mol. The van der Waals surface area contributed by atoms with Crippen LogP contribution < -0.4 is 15.8 Å². The smallest absolute Gasteiger partial charge is 0.219 e. The Labute approximate surface area is 179 Å². The van der Waals surface area contributed by atoms with Crippen LogP contribution in [-0.4, -0.2) is 11.0 Å². The van der Waals surface area contributed by atoms with Gasteiger partial charge in [-0.3, -0.25) is 0 Å². The monoisotopic (exact) mass is 403 g/mol. The van der Waals surface area contributed by atoms with Crippen LogP contribution in [0.15, 0.2) is 54.7 Å². The number of pyridine rings is 1. The zero-order valence-corrected chi connectivity index (χ0v) is 18.3. The van der Waals surface area contributed by atoms with E-state index in [4.69, 9.17) is 10.5 Å². The first-order chi connectivity index (χ1) is 14.4. The second kappa shape index (κ2) is 8.65. The molecule has 0 amide bonds. The van der Waals surface area contributed by atoms with Crippen molar-refractivity contribution in [2.45, 2.75) is 59.0 Å². The molecule has 0 atom stereocenters. The highest BCUT2D eigenvalue weighted by molar-refractivity contribution is 5.91. The molecule has 0 saturated heterocycles. The highest BCUT2D eigenvalue weighted by atomic mass is 16.5. The molecule has 1 fully saturated rings. The van der Waals surface area contributed by atoms with E-state index in [0.717, 1.165) is 23.6 Å². The van der Waals surface area contributed by atoms with Crippen LogP contribution in [0.3, 0.4) is 0 Å². The first kappa shape index (κ1) is 20.7. The van der Waals surface area contributed by atoms with Crippen molar-refractivity contribution < 1.29 is 4.74 Å². The number of nitrogen functional groups attached to an aromatic ring is 1. The van der Waals surface area contributed by atoms with Crippen LogP contribution in [0.5, 0.6) is 11.6 Å². The van der Waals surface area contributed by atoms with Gasteiger partial charge in [-0.15, -0.1) is 0 Å². The van der Waals surface area contributed by atoms with Gasteiger partial charge in [-0.05, 0) is 60.1 Å². The number of ether oxygens (including phenoxy) is 1. The topological polar surface area (TPSA) is 60.2 Å². The summed E-state index contributed by atoms with van der Waals surface area (Å²) in [6.07, 6.45) is 6.80. The third-order valence-corrected chi connectivity index (χ3v) is 6.48. The van der Waals surface area contributed by atoms with Crippen molar-refractivity contribution in [1.29, 1.82) is 0 Å². The van der Waals surface area contributed by atoms with Gasteiger partial charge < -0.3 is 15.8 Å². The Morgan fingerprint density at radius 2 is 1.70 bits per heavy atom. The van der Waals surface area contributed by atoms with Crippen molar-refractivity contribution >= 4 is 16.5 Å². The number of fused-ring (bicyclic) bond motifs is 1. The minimum Gasteiger partial charge on any atom is -0.438 e. The van der Waals surface area contributed by atoms with Crippen molar-refractivity contribution in [3.63, 3.8) is 0 Å². The Kier molecular flexibility index (Phi) is 5.96. The van der Waals surface area contributed by atoms with Gasteiger partial charge in [0.15, 0.2) is 0 Å². The number of hydrogen-bond donors (Lipinski definition) is 2. The highest BCUT2D eigenvalue weighted by Gasteiger charge is 2.29. The van der Waals surface area contributed by atoms with Gasteiger partial charge in [-0.25, -0.2) is 4.98 Å². The molecule has 0 spiro atoms. The molecule has 0 bridgehead atoms. The Balaban J connectivity index is 1.46. The van der Waals surface area contributed by atoms with E-state index in [1.54, 1.807) is 18.3 Å². The van der Waals surface area contributed by atoms with E-state index in [1.807, 2.05) is 12.1 Å². The molecule has 1 heterocycles. The van der Waals surface area contributed by atoms with Gasteiger partial charge in [0.05, 0.1) is 11.9 Å². The van der Waals surface area contributed by atoms with Gasteiger partial charge in [-0.2, -0.15) is 0 Å². The van der Waals surface area contributed by atoms with E-state index in [9.17, 15) is 0 Å². The maximum atomic E-state index is 6.05. The molecule has 1 saturated carbocycles. The minimum atomic E-state index is 0.427. The molecule has 4 heteroatoms. The molecule has 30 heavy (non-hydrogen) atoms. The molecule has 4 rings (SSSR count). The van der Waals surface area contributed by atoms with Crippen LogP contribution >= 0.6 is 0 Å². The van der Waals surface area contributed by atoms with Gasteiger partial charge in [0.1, 0.15) is 5.75 Å². The predicted molar refractivity (Wildman–Crippen MR) is 125 cm³/mol. The van der Waals surface area contributed by atoms with E-state index in [2.05, 4.69) is 55.3 Å². The molecular formula is C26H33N3O. The molecule has 3 aromatic rings. The Bertz CT molecular complexity index is 983. The normalized spacial score (nSPS) is 19.7. The molecule has 3 N–H and O–H groups in total. The standard InChI is InChI=1S/C26H33N3O/c1-26(2,3)19-10-13-21(14-11-19)28-16-18-6-4-8-23-22(18)7-5-9-24(23)30-25-15-12-20(27)17-29-25/h4-9,12,15,17,19,21,28H,10-11,13-14,16,27H2,1-3H3/t19-,21+. The van der Waals surface area contributed by atoms with Gasteiger partial charge >= 0.3 is 0 Å². The lowest BCUT2D eigenvalue weighted by Gasteiger charge is -2.37. The largest absolute Gasteiger partial charge is 0.438 e. The summed E-state index contributed by atoms with van der Waals surface area (Å²) in [5, 5.41) is 6.14. The number of benzene rings is 2. The summed E-state index contributed by atoms with van der Waals surface area (Å²) in [5.74, 6) is 2.21. The molecule has 4 nitrogen and oxygen atoms in total. The lowest BCUT2D eigenvalue weighted by atomic mass is 9.71. The second-order valence-corrected chi connectivity index (χ2v) is 9.60. The van der Waals surface area contributed by atoms with E-state index in [-0.39, 0.29) is 0 Å². The number of anilines is 1. The fraction of sp³-hybridized carbons (Fsp3) is 0.423. The lowest BCUT2D eigenvalue weighted by Crippen LogP contribution is -2.35. The number of nitrogens with two attached hydrogens (primary N) is 1. The van der Waals surface area contributed by atoms with Crippen molar-refractivity contribution in [3.05, 3.63) is 60.3 Å². The van der Waals surface area contributed by atoms with Gasteiger partial charge in [0, 0.05) is 24.0 Å². The van der Waals surface area contributed by atoms with Crippen LogP contribution in [0, 0.1) is 11.3 Å². The highest BCUT2D eigenvalue weighted by Crippen LogP contribution is 2.38. The molecule has 1 aromatic heterocycles. The number of nitrogens with zero attached hydrogens (tertiary/aromatic N) is 1. The average Bonchev–Trinajstić information content (AvgIpc) is 2.74. The maximum Gasteiger partial charge on any atom is 0.219 e. The zero-order chi connectivity index (χ0) is 21.1. The van der Waals surface area contributed by atoms with Gasteiger partial charge in [0.2, 0.25) is 5.88 Å². The van der Waals surface area contributed by atoms with Crippen molar-refractivity contribution in [3.8, 4) is 11.6 Å². The molecule has 0 radical (unpaired) electrons. The second-order valence-electron chi connectivity index (χ2n) is 9.60. The summed E-state index contributed by atoms with van der Waals surface area (Å²) in [6, 6.07) is 16.9. The summed E-state index contributed by atoms with van der Waals surface area (Å²) < 4.78 is 6.05. The molecule has 1 aliphatic carbocycles. The summed E-state index contributed by atoms with van der Waals surface area (Å²) >= 11 is 0. The van der Waals surface area contributed by atoms with E-state index >= 15 is 0 Å².